The molecule has 3 aromatic rings. The fourth-order valence-corrected chi connectivity index (χ4v) is 3.67. The molecule has 0 radical (unpaired) electrons. The second kappa shape index (κ2) is 11.6. The van der Waals surface area contributed by atoms with Crippen LogP contribution in [-0.4, -0.2) is 60.3 Å². The fraction of sp³-hybridized carbons (Fsp3) is 0.304. The van der Waals surface area contributed by atoms with Gasteiger partial charge in [-0.3, -0.25) is 9.10 Å². The Morgan fingerprint density at radius 2 is 1.92 bits per heavy atom. The molecule has 1 atom stereocenters. The molecule has 2 heterocycles. The standard InChI is InChI=1S/C23H26F3N7O4S/c1-14(13-34)30-21(35)15-6-4-8-17(10-15)31-22-29-12-18(23(24,25)26)19(32-22)28-11-16-7-5-9-27-20(16)33(2)38(3,36)37/h4-10,12,14,34H,11,13H2,1-3H3,(H,30,35)(H2,28,29,31,32)/t14-/m1/s1. The summed E-state index contributed by atoms with van der Waals surface area (Å²) in [6, 6.07) is 8.71. The highest BCUT2D eigenvalue weighted by atomic mass is 32.2. The number of hydrogen-bond donors (Lipinski definition) is 4. The fourth-order valence-electron chi connectivity index (χ4n) is 3.19. The van der Waals surface area contributed by atoms with Gasteiger partial charge >= 0.3 is 6.18 Å². The number of hydrogen-bond acceptors (Lipinski definition) is 9. The first-order valence-electron chi connectivity index (χ1n) is 11.1. The van der Waals surface area contributed by atoms with Crippen LogP contribution in [0.1, 0.15) is 28.4 Å². The predicted octanol–water partition coefficient (Wildman–Crippen LogP) is 2.75. The van der Waals surface area contributed by atoms with Crippen LogP contribution in [0.4, 0.5) is 36.4 Å². The molecule has 204 valence electrons. The van der Waals surface area contributed by atoms with Crippen LogP contribution in [0.15, 0.2) is 48.8 Å². The topological polar surface area (TPSA) is 149 Å². The van der Waals surface area contributed by atoms with E-state index in [1.54, 1.807) is 19.1 Å². The van der Waals surface area contributed by atoms with Gasteiger partial charge in [-0.2, -0.15) is 18.2 Å². The van der Waals surface area contributed by atoms with E-state index >= 15 is 0 Å². The summed E-state index contributed by atoms with van der Waals surface area (Å²) in [5.74, 6) is -1.12. The Morgan fingerprint density at radius 3 is 2.58 bits per heavy atom. The van der Waals surface area contributed by atoms with E-state index in [2.05, 4.69) is 30.9 Å². The molecule has 0 unspecified atom stereocenters. The lowest BCUT2D eigenvalue weighted by molar-refractivity contribution is -0.137. The van der Waals surface area contributed by atoms with Crippen LogP contribution in [0, 0.1) is 0 Å². The van der Waals surface area contributed by atoms with Gasteiger partial charge < -0.3 is 21.1 Å². The molecule has 38 heavy (non-hydrogen) atoms. The van der Waals surface area contributed by atoms with Gasteiger partial charge in [0.25, 0.3) is 5.91 Å². The molecule has 4 N–H and O–H groups in total. The van der Waals surface area contributed by atoms with Crippen molar-refractivity contribution in [3.05, 3.63) is 65.5 Å². The molecule has 0 aliphatic carbocycles. The van der Waals surface area contributed by atoms with Crippen LogP contribution in [0.2, 0.25) is 0 Å². The Balaban J connectivity index is 1.88. The maximum Gasteiger partial charge on any atom is 0.421 e. The molecule has 15 heteroatoms. The number of aliphatic hydroxyl groups is 1. The molecular formula is C23H26F3N7O4S. The monoisotopic (exact) mass is 553 g/mol. The average Bonchev–Trinajstić information content (AvgIpc) is 2.86. The Hall–Kier alpha value is -3.98. The van der Waals surface area contributed by atoms with E-state index in [0.29, 0.717) is 17.4 Å². The van der Waals surface area contributed by atoms with Crippen molar-refractivity contribution in [2.24, 2.45) is 0 Å². The Kier molecular flexibility index (Phi) is 8.73. The van der Waals surface area contributed by atoms with E-state index < -0.39 is 39.5 Å². The maximum atomic E-state index is 13.7. The Bertz CT molecular complexity index is 1400. The zero-order valence-corrected chi connectivity index (χ0v) is 21.4. The predicted molar refractivity (Wildman–Crippen MR) is 136 cm³/mol. The number of nitrogens with one attached hydrogen (secondary N) is 3. The largest absolute Gasteiger partial charge is 0.421 e. The van der Waals surface area contributed by atoms with Gasteiger partial charge in [0.2, 0.25) is 16.0 Å². The van der Waals surface area contributed by atoms with Crippen molar-refractivity contribution in [1.29, 1.82) is 0 Å². The van der Waals surface area contributed by atoms with Crippen LogP contribution in [0.3, 0.4) is 0 Å². The van der Waals surface area contributed by atoms with Crippen LogP contribution >= 0.6 is 0 Å². The molecule has 0 bridgehead atoms. The maximum absolute atomic E-state index is 13.7. The van der Waals surface area contributed by atoms with Crippen molar-refractivity contribution >= 4 is 39.2 Å². The third kappa shape index (κ3) is 7.29. The second-order valence-electron chi connectivity index (χ2n) is 8.29. The molecule has 0 saturated heterocycles. The van der Waals surface area contributed by atoms with Crippen LogP contribution in [-0.2, 0) is 22.7 Å². The molecule has 1 amide bonds. The first-order chi connectivity index (χ1) is 17.8. The molecule has 11 nitrogen and oxygen atoms in total. The van der Waals surface area contributed by atoms with Gasteiger partial charge in [0, 0.05) is 48.8 Å². The molecule has 2 aromatic heterocycles. The molecule has 0 fully saturated rings. The molecule has 0 aliphatic heterocycles. The molecule has 0 aliphatic rings. The molecule has 0 saturated carbocycles. The highest BCUT2D eigenvalue weighted by Crippen LogP contribution is 2.34. The van der Waals surface area contributed by atoms with Gasteiger partial charge in [0.1, 0.15) is 17.2 Å². The van der Waals surface area contributed by atoms with E-state index in [-0.39, 0.29) is 30.5 Å². The van der Waals surface area contributed by atoms with Gasteiger partial charge in [0.05, 0.1) is 12.9 Å². The van der Waals surface area contributed by atoms with Gasteiger partial charge in [-0.15, -0.1) is 0 Å². The van der Waals surface area contributed by atoms with Crippen molar-refractivity contribution < 1.29 is 31.5 Å². The normalized spacial score (nSPS) is 12.5. The summed E-state index contributed by atoms with van der Waals surface area (Å²) in [5, 5.41) is 17.1. The van der Waals surface area contributed by atoms with Gasteiger partial charge in [0.15, 0.2) is 0 Å². The number of rotatable bonds is 10. The number of benzene rings is 1. The summed E-state index contributed by atoms with van der Waals surface area (Å²) in [5.41, 5.74) is -0.224. The average molecular weight is 554 g/mol. The summed E-state index contributed by atoms with van der Waals surface area (Å²) in [7, 11) is -2.38. The zero-order chi connectivity index (χ0) is 28.1. The van der Waals surface area contributed by atoms with E-state index in [0.717, 1.165) is 10.6 Å². The van der Waals surface area contributed by atoms with Crippen molar-refractivity contribution in [3.8, 4) is 0 Å². The minimum Gasteiger partial charge on any atom is -0.394 e. The SMILES string of the molecule is C[C@H](CO)NC(=O)c1cccc(Nc2ncc(C(F)(F)F)c(NCc3cccnc3N(C)S(C)(=O)=O)n2)c1. The minimum absolute atomic E-state index is 0.0501. The summed E-state index contributed by atoms with van der Waals surface area (Å²) in [6.45, 7) is 1.16. The number of aromatic nitrogens is 3. The van der Waals surface area contributed by atoms with Gasteiger partial charge in [-0.25, -0.2) is 18.4 Å². The Morgan fingerprint density at radius 1 is 1.18 bits per heavy atom. The number of anilines is 4. The molecule has 1 aromatic carbocycles. The van der Waals surface area contributed by atoms with E-state index in [1.165, 1.54) is 37.5 Å². The number of alkyl halides is 3. The molecule has 0 spiro atoms. The van der Waals surface area contributed by atoms with Gasteiger partial charge in [-0.1, -0.05) is 12.1 Å². The number of amides is 1. The minimum atomic E-state index is -4.77. The highest BCUT2D eigenvalue weighted by molar-refractivity contribution is 7.92. The molecule has 3 rings (SSSR count). The van der Waals surface area contributed by atoms with Crippen molar-refractivity contribution in [2.75, 3.05) is 34.8 Å². The van der Waals surface area contributed by atoms with Crippen molar-refractivity contribution in [2.45, 2.75) is 25.7 Å². The summed E-state index contributed by atoms with van der Waals surface area (Å²) in [6.07, 6.45) is -1.81. The van der Waals surface area contributed by atoms with E-state index in [1.807, 2.05) is 0 Å². The lowest BCUT2D eigenvalue weighted by Crippen LogP contribution is -2.34. The lowest BCUT2D eigenvalue weighted by atomic mass is 10.1. The van der Waals surface area contributed by atoms with Crippen LogP contribution < -0.4 is 20.3 Å². The van der Waals surface area contributed by atoms with Crippen molar-refractivity contribution in [3.63, 3.8) is 0 Å². The number of pyridine rings is 1. The lowest BCUT2D eigenvalue weighted by Gasteiger charge is -2.20. The third-order valence-corrected chi connectivity index (χ3v) is 6.40. The van der Waals surface area contributed by atoms with Gasteiger partial charge in [-0.05, 0) is 31.2 Å². The third-order valence-electron chi connectivity index (χ3n) is 5.24. The first-order valence-corrected chi connectivity index (χ1v) is 13.0. The number of nitrogens with zero attached hydrogens (tertiary/aromatic N) is 4. The number of halogens is 3. The molecular weight excluding hydrogens is 527 g/mol. The van der Waals surface area contributed by atoms with Crippen LogP contribution in [0.5, 0.6) is 0 Å². The van der Waals surface area contributed by atoms with E-state index in [4.69, 9.17) is 5.11 Å². The summed E-state index contributed by atoms with van der Waals surface area (Å²) in [4.78, 5) is 24.1. The first kappa shape index (κ1) is 28.6. The van der Waals surface area contributed by atoms with Crippen molar-refractivity contribution in [1.82, 2.24) is 20.3 Å². The quantitative estimate of drug-likeness (QED) is 0.297. The smallest absolute Gasteiger partial charge is 0.394 e. The van der Waals surface area contributed by atoms with E-state index in [9.17, 15) is 26.4 Å². The summed E-state index contributed by atoms with van der Waals surface area (Å²) >= 11 is 0. The summed E-state index contributed by atoms with van der Waals surface area (Å²) < 4.78 is 65.8. The second-order valence-corrected chi connectivity index (χ2v) is 10.3. The number of sulfonamides is 1. The number of carbonyl (C=O) groups excluding carboxylic acids is 1. The van der Waals surface area contributed by atoms with Crippen LogP contribution in [0.25, 0.3) is 0 Å². The number of aliphatic hydroxyl groups excluding tert-OH is 1. The zero-order valence-electron chi connectivity index (χ0n) is 20.6. The number of carbonyl (C=O) groups is 1. The highest BCUT2D eigenvalue weighted by Gasteiger charge is 2.35. The Labute approximate surface area is 217 Å².